The SMILES string of the molecule is CC(=O)N1C[C@H](C)Cc2ccccc21.Nc1cccc(F)c1. The third-order valence-corrected chi connectivity index (χ3v) is 3.57. The summed E-state index contributed by atoms with van der Waals surface area (Å²) in [4.78, 5) is 13.3. The van der Waals surface area contributed by atoms with Gasteiger partial charge in [0.1, 0.15) is 5.82 Å². The molecule has 2 aromatic rings. The van der Waals surface area contributed by atoms with Crippen LogP contribution in [0.3, 0.4) is 0 Å². The molecule has 2 aromatic carbocycles. The molecule has 0 spiro atoms. The summed E-state index contributed by atoms with van der Waals surface area (Å²) in [6.45, 7) is 4.67. The highest BCUT2D eigenvalue weighted by molar-refractivity contribution is 5.92. The molecule has 0 fully saturated rings. The van der Waals surface area contributed by atoms with E-state index in [-0.39, 0.29) is 11.7 Å². The van der Waals surface area contributed by atoms with Gasteiger partial charge in [-0.2, -0.15) is 0 Å². The number of benzene rings is 2. The Kier molecular flexibility index (Phi) is 5.15. The lowest BCUT2D eigenvalue weighted by Gasteiger charge is -2.32. The van der Waals surface area contributed by atoms with Crippen LogP contribution < -0.4 is 10.6 Å². The van der Waals surface area contributed by atoms with E-state index in [1.165, 1.54) is 17.7 Å². The maximum atomic E-state index is 12.1. The Hall–Kier alpha value is -2.36. The number of hydrogen-bond acceptors (Lipinski definition) is 2. The highest BCUT2D eigenvalue weighted by Gasteiger charge is 2.23. The second-order valence-electron chi connectivity index (χ2n) is 5.62. The maximum absolute atomic E-state index is 12.1. The Balaban J connectivity index is 0.000000188. The quantitative estimate of drug-likeness (QED) is 0.755. The number of rotatable bonds is 0. The lowest BCUT2D eigenvalue weighted by molar-refractivity contribution is -0.116. The van der Waals surface area contributed by atoms with Crippen LogP contribution in [-0.4, -0.2) is 12.5 Å². The molecule has 22 heavy (non-hydrogen) atoms. The summed E-state index contributed by atoms with van der Waals surface area (Å²) in [5.74, 6) is 0.419. The first-order valence-corrected chi connectivity index (χ1v) is 7.34. The molecule has 0 unspecified atom stereocenters. The molecular weight excluding hydrogens is 279 g/mol. The fraction of sp³-hybridized carbons (Fsp3) is 0.278. The van der Waals surface area contributed by atoms with Gasteiger partial charge in [-0.25, -0.2) is 4.39 Å². The van der Waals surface area contributed by atoms with E-state index in [4.69, 9.17) is 5.73 Å². The van der Waals surface area contributed by atoms with Crippen molar-refractivity contribution in [1.82, 2.24) is 0 Å². The molecule has 0 aliphatic carbocycles. The summed E-state index contributed by atoms with van der Waals surface area (Å²) in [5, 5.41) is 0. The van der Waals surface area contributed by atoms with Crippen molar-refractivity contribution >= 4 is 17.3 Å². The molecule has 1 aliphatic heterocycles. The fourth-order valence-corrected chi connectivity index (χ4v) is 2.60. The van der Waals surface area contributed by atoms with Crippen molar-refractivity contribution in [1.29, 1.82) is 0 Å². The van der Waals surface area contributed by atoms with Crippen molar-refractivity contribution in [3.63, 3.8) is 0 Å². The van der Waals surface area contributed by atoms with E-state index in [1.54, 1.807) is 19.1 Å². The summed E-state index contributed by atoms with van der Waals surface area (Å²) < 4.78 is 12.1. The molecule has 1 heterocycles. The first kappa shape index (κ1) is 16.0. The monoisotopic (exact) mass is 300 g/mol. The number of nitrogen functional groups attached to an aromatic ring is 1. The van der Waals surface area contributed by atoms with E-state index in [0.29, 0.717) is 11.6 Å². The standard InChI is InChI=1S/C12H15NO.C6H6FN/c1-9-7-11-5-3-4-6-12(11)13(8-9)10(2)14;7-5-2-1-3-6(8)4-5/h3-6,9H,7-8H2,1-2H3;1-4H,8H2/t9-;/m1./s1. The molecule has 1 amide bonds. The van der Waals surface area contributed by atoms with E-state index >= 15 is 0 Å². The van der Waals surface area contributed by atoms with Crippen molar-refractivity contribution in [2.75, 3.05) is 17.2 Å². The van der Waals surface area contributed by atoms with Crippen LogP contribution in [0.5, 0.6) is 0 Å². The van der Waals surface area contributed by atoms with Crippen LogP contribution in [-0.2, 0) is 11.2 Å². The number of amides is 1. The van der Waals surface area contributed by atoms with Crippen molar-refractivity contribution in [2.45, 2.75) is 20.3 Å². The van der Waals surface area contributed by atoms with E-state index in [9.17, 15) is 9.18 Å². The average Bonchev–Trinajstić information content (AvgIpc) is 2.46. The Morgan fingerprint density at radius 2 is 1.95 bits per heavy atom. The number of carbonyl (C=O) groups excluding carboxylic acids is 1. The summed E-state index contributed by atoms with van der Waals surface area (Å²) in [6.07, 6.45) is 1.08. The smallest absolute Gasteiger partial charge is 0.223 e. The molecule has 0 saturated heterocycles. The molecule has 116 valence electrons. The minimum atomic E-state index is -0.287. The zero-order valence-corrected chi connectivity index (χ0v) is 12.9. The lowest BCUT2D eigenvalue weighted by atomic mass is 9.94. The van der Waals surface area contributed by atoms with Gasteiger partial charge >= 0.3 is 0 Å². The minimum Gasteiger partial charge on any atom is -0.399 e. The first-order valence-electron chi connectivity index (χ1n) is 7.34. The van der Waals surface area contributed by atoms with Crippen LogP contribution >= 0.6 is 0 Å². The number of halogens is 1. The fourth-order valence-electron chi connectivity index (χ4n) is 2.60. The predicted octanol–water partition coefficient (Wildman–Crippen LogP) is 3.64. The van der Waals surface area contributed by atoms with Gasteiger partial charge in [0.05, 0.1) is 0 Å². The second-order valence-corrected chi connectivity index (χ2v) is 5.62. The van der Waals surface area contributed by atoms with Gasteiger partial charge in [0.25, 0.3) is 0 Å². The number of anilines is 2. The molecule has 0 radical (unpaired) electrons. The van der Waals surface area contributed by atoms with Gasteiger partial charge in [0, 0.05) is 24.8 Å². The Morgan fingerprint density at radius 1 is 1.23 bits per heavy atom. The number of hydrogen-bond donors (Lipinski definition) is 1. The van der Waals surface area contributed by atoms with E-state index in [1.807, 2.05) is 23.1 Å². The van der Waals surface area contributed by atoms with Crippen molar-refractivity contribution in [2.24, 2.45) is 5.92 Å². The number of nitrogens with zero attached hydrogens (tertiary/aromatic N) is 1. The molecule has 0 saturated carbocycles. The lowest BCUT2D eigenvalue weighted by Crippen LogP contribution is -2.37. The second kappa shape index (κ2) is 7.07. The molecule has 1 atom stereocenters. The molecule has 4 heteroatoms. The first-order chi connectivity index (χ1) is 10.5. The summed E-state index contributed by atoms with van der Waals surface area (Å²) in [5.41, 5.74) is 8.07. The molecule has 1 aliphatic rings. The van der Waals surface area contributed by atoms with Gasteiger partial charge in [-0.15, -0.1) is 0 Å². The van der Waals surface area contributed by atoms with Crippen LogP contribution in [0.15, 0.2) is 48.5 Å². The number of fused-ring (bicyclic) bond motifs is 1. The molecule has 3 rings (SSSR count). The summed E-state index contributed by atoms with van der Waals surface area (Å²) in [7, 11) is 0. The Bertz CT molecular complexity index is 640. The van der Waals surface area contributed by atoms with Crippen LogP contribution in [0.1, 0.15) is 19.4 Å². The summed E-state index contributed by atoms with van der Waals surface area (Å²) >= 11 is 0. The third-order valence-electron chi connectivity index (χ3n) is 3.57. The maximum Gasteiger partial charge on any atom is 0.223 e. The number of nitrogens with two attached hydrogens (primary N) is 1. The van der Waals surface area contributed by atoms with Crippen LogP contribution in [0, 0.1) is 11.7 Å². The molecule has 0 bridgehead atoms. The Labute approximate surface area is 130 Å². The van der Waals surface area contributed by atoms with E-state index in [0.717, 1.165) is 18.7 Å². The van der Waals surface area contributed by atoms with E-state index in [2.05, 4.69) is 13.0 Å². The van der Waals surface area contributed by atoms with Crippen LogP contribution in [0.25, 0.3) is 0 Å². The normalized spacial score (nSPS) is 16.3. The highest BCUT2D eigenvalue weighted by atomic mass is 19.1. The Morgan fingerprint density at radius 3 is 2.55 bits per heavy atom. The summed E-state index contributed by atoms with van der Waals surface area (Å²) in [6, 6.07) is 14.0. The topological polar surface area (TPSA) is 46.3 Å². The average molecular weight is 300 g/mol. The van der Waals surface area contributed by atoms with Crippen molar-refractivity contribution < 1.29 is 9.18 Å². The highest BCUT2D eigenvalue weighted by Crippen LogP contribution is 2.29. The van der Waals surface area contributed by atoms with Gasteiger partial charge in [0.15, 0.2) is 0 Å². The van der Waals surface area contributed by atoms with E-state index < -0.39 is 0 Å². The van der Waals surface area contributed by atoms with Crippen molar-refractivity contribution in [3.05, 3.63) is 59.9 Å². The van der Waals surface area contributed by atoms with Gasteiger partial charge in [-0.05, 0) is 42.2 Å². The largest absolute Gasteiger partial charge is 0.399 e. The molecule has 0 aromatic heterocycles. The number of para-hydroxylation sites is 1. The van der Waals surface area contributed by atoms with Gasteiger partial charge in [-0.1, -0.05) is 31.2 Å². The molecular formula is C18H21FN2O. The van der Waals surface area contributed by atoms with Gasteiger partial charge in [-0.3, -0.25) is 4.79 Å². The zero-order valence-electron chi connectivity index (χ0n) is 12.9. The zero-order chi connectivity index (χ0) is 16.1. The predicted molar refractivity (Wildman–Crippen MR) is 88.1 cm³/mol. The third kappa shape index (κ3) is 4.07. The van der Waals surface area contributed by atoms with Gasteiger partial charge < -0.3 is 10.6 Å². The molecule has 2 N–H and O–H groups in total. The van der Waals surface area contributed by atoms with Crippen LogP contribution in [0.4, 0.5) is 15.8 Å². The number of carbonyl (C=O) groups is 1. The van der Waals surface area contributed by atoms with Crippen LogP contribution in [0.2, 0.25) is 0 Å². The van der Waals surface area contributed by atoms with Crippen molar-refractivity contribution in [3.8, 4) is 0 Å². The van der Waals surface area contributed by atoms with Gasteiger partial charge in [0.2, 0.25) is 5.91 Å². The minimum absolute atomic E-state index is 0.143. The molecule has 3 nitrogen and oxygen atoms in total.